The van der Waals surface area contributed by atoms with E-state index >= 15 is 0 Å². The summed E-state index contributed by atoms with van der Waals surface area (Å²) >= 11 is 0. The molecule has 3 aromatic rings. The van der Waals surface area contributed by atoms with Gasteiger partial charge in [0, 0.05) is 23.3 Å². The van der Waals surface area contributed by atoms with Gasteiger partial charge in [-0.1, -0.05) is 12.1 Å². The summed E-state index contributed by atoms with van der Waals surface area (Å²) < 4.78 is 0. The zero-order valence-electron chi connectivity index (χ0n) is 10.7. The maximum atomic E-state index is 12.1. The number of pyridine rings is 1. The molecule has 1 amide bonds. The van der Waals surface area contributed by atoms with E-state index in [0.717, 1.165) is 16.6 Å². The van der Waals surface area contributed by atoms with Gasteiger partial charge in [0.05, 0.1) is 17.8 Å². The highest BCUT2D eigenvalue weighted by Crippen LogP contribution is 2.12. The number of rotatable bonds is 3. The van der Waals surface area contributed by atoms with E-state index < -0.39 is 0 Å². The number of carbonyl (C=O) groups is 1. The van der Waals surface area contributed by atoms with Crippen molar-refractivity contribution in [1.82, 2.24) is 20.3 Å². The minimum Gasteiger partial charge on any atom is -0.346 e. The number of nitrogens with one attached hydrogen (secondary N) is 1. The molecule has 20 heavy (non-hydrogen) atoms. The molecule has 2 heterocycles. The van der Waals surface area contributed by atoms with Crippen LogP contribution in [-0.2, 0) is 6.54 Å². The van der Waals surface area contributed by atoms with Gasteiger partial charge in [0.2, 0.25) is 0 Å². The maximum absolute atomic E-state index is 12.1. The van der Waals surface area contributed by atoms with Gasteiger partial charge < -0.3 is 5.32 Å². The Bertz CT molecular complexity index is 743. The van der Waals surface area contributed by atoms with Crippen LogP contribution in [0.25, 0.3) is 10.9 Å². The predicted octanol–water partition coefficient (Wildman–Crippen LogP) is 1.95. The third kappa shape index (κ3) is 2.61. The largest absolute Gasteiger partial charge is 0.346 e. The first-order valence-electron chi connectivity index (χ1n) is 6.21. The fourth-order valence-electron chi connectivity index (χ4n) is 1.89. The van der Waals surface area contributed by atoms with Gasteiger partial charge in [0.25, 0.3) is 5.91 Å². The van der Waals surface area contributed by atoms with Gasteiger partial charge in [-0.05, 0) is 24.3 Å². The summed E-state index contributed by atoms with van der Waals surface area (Å²) in [5.41, 5.74) is 2.15. The Hall–Kier alpha value is -2.82. The fourth-order valence-corrected chi connectivity index (χ4v) is 1.89. The lowest BCUT2D eigenvalue weighted by molar-refractivity contribution is 0.0950. The normalized spacial score (nSPS) is 10.4. The second kappa shape index (κ2) is 5.44. The van der Waals surface area contributed by atoms with Crippen molar-refractivity contribution in [3.8, 4) is 0 Å². The topological polar surface area (TPSA) is 67.8 Å². The van der Waals surface area contributed by atoms with Crippen LogP contribution in [-0.4, -0.2) is 20.9 Å². The monoisotopic (exact) mass is 264 g/mol. The minimum absolute atomic E-state index is 0.142. The van der Waals surface area contributed by atoms with E-state index in [1.54, 1.807) is 24.5 Å². The summed E-state index contributed by atoms with van der Waals surface area (Å²) in [5, 5.41) is 3.75. The molecule has 2 aromatic heterocycles. The molecule has 0 saturated heterocycles. The molecule has 0 radical (unpaired) electrons. The second-order valence-electron chi connectivity index (χ2n) is 4.30. The van der Waals surface area contributed by atoms with Crippen LogP contribution in [0.15, 0.2) is 55.1 Å². The van der Waals surface area contributed by atoms with Crippen molar-refractivity contribution in [2.24, 2.45) is 0 Å². The fraction of sp³-hybridized carbons (Fsp3) is 0.0667. The van der Waals surface area contributed by atoms with E-state index in [2.05, 4.69) is 20.3 Å². The van der Waals surface area contributed by atoms with Crippen LogP contribution in [0.3, 0.4) is 0 Å². The summed E-state index contributed by atoms with van der Waals surface area (Å²) in [6.45, 7) is 0.404. The molecular weight excluding hydrogens is 252 g/mol. The molecule has 0 bridgehead atoms. The SMILES string of the molecule is O=C(NCc1ccccn1)c1ccc2cncnc2c1. The number of hydrogen-bond acceptors (Lipinski definition) is 4. The molecule has 3 rings (SSSR count). The van der Waals surface area contributed by atoms with Gasteiger partial charge in [-0.25, -0.2) is 9.97 Å². The smallest absolute Gasteiger partial charge is 0.251 e. The lowest BCUT2D eigenvalue weighted by atomic mass is 10.1. The van der Waals surface area contributed by atoms with Crippen molar-refractivity contribution in [3.05, 3.63) is 66.4 Å². The highest BCUT2D eigenvalue weighted by atomic mass is 16.1. The Morgan fingerprint density at radius 2 is 2.10 bits per heavy atom. The number of nitrogens with zero attached hydrogens (tertiary/aromatic N) is 3. The van der Waals surface area contributed by atoms with Crippen molar-refractivity contribution in [3.63, 3.8) is 0 Å². The first-order chi connectivity index (χ1) is 9.83. The first kappa shape index (κ1) is 12.2. The summed E-state index contributed by atoms with van der Waals surface area (Å²) in [6.07, 6.45) is 4.89. The van der Waals surface area contributed by atoms with E-state index in [1.165, 1.54) is 6.33 Å². The van der Waals surface area contributed by atoms with Crippen molar-refractivity contribution in [2.45, 2.75) is 6.54 Å². The average Bonchev–Trinajstić information content (AvgIpc) is 2.53. The molecule has 0 fully saturated rings. The molecule has 0 atom stereocenters. The van der Waals surface area contributed by atoms with Gasteiger partial charge in [0.1, 0.15) is 6.33 Å². The van der Waals surface area contributed by atoms with Gasteiger partial charge >= 0.3 is 0 Å². The van der Waals surface area contributed by atoms with Crippen LogP contribution >= 0.6 is 0 Å². The van der Waals surface area contributed by atoms with Gasteiger partial charge in [-0.3, -0.25) is 9.78 Å². The Kier molecular flexibility index (Phi) is 3.33. The van der Waals surface area contributed by atoms with Crippen LogP contribution in [0, 0.1) is 0 Å². The highest BCUT2D eigenvalue weighted by Gasteiger charge is 2.06. The Morgan fingerprint density at radius 1 is 1.15 bits per heavy atom. The lowest BCUT2D eigenvalue weighted by Gasteiger charge is -2.05. The van der Waals surface area contributed by atoms with E-state index in [1.807, 2.05) is 24.3 Å². The van der Waals surface area contributed by atoms with E-state index in [0.29, 0.717) is 12.1 Å². The zero-order chi connectivity index (χ0) is 13.8. The summed E-state index contributed by atoms with van der Waals surface area (Å²) in [4.78, 5) is 24.3. The molecular formula is C15H12N4O. The molecule has 0 spiro atoms. The molecule has 1 N–H and O–H groups in total. The number of benzene rings is 1. The maximum Gasteiger partial charge on any atom is 0.251 e. The molecule has 0 saturated carbocycles. The molecule has 5 nitrogen and oxygen atoms in total. The first-order valence-corrected chi connectivity index (χ1v) is 6.21. The number of fused-ring (bicyclic) bond motifs is 1. The lowest BCUT2D eigenvalue weighted by Crippen LogP contribution is -2.23. The van der Waals surface area contributed by atoms with Crippen molar-refractivity contribution in [2.75, 3.05) is 0 Å². The van der Waals surface area contributed by atoms with Crippen LogP contribution in [0.1, 0.15) is 16.1 Å². The standard InChI is InChI=1S/C15H12N4O/c20-15(18-9-13-3-1-2-6-17-13)11-4-5-12-8-16-10-19-14(12)7-11/h1-8,10H,9H2,(H,18,20). The van der Waals surface area contributed by atoms with Gasteiger partial charge in [0.15, 0.2) is 0 Å². The quantitative estimate of drug-likeness (QED) is 0.785. The number of aromatic nitrogens is 3. The molecule has 5 heteroatoms. The third-order valence-electron chi connectivity index (χ3n) is 2.93. The third-order valence-corrected chi connectivity index (χ3v) is 2.93. The molecule has 0 aliphatic heterocycles. The van der Waals surface area contributed by atoms with Gasteiger partial charge in [-0.2, -0.15) is 0 Å². The number of hydrogen-bond donors (Lipinski definition) is 1. The van der Waals surface area contributed by atoms with Crippen molar-refractivity contribution < 1.29 is 4.79 Å². The number of carbonyl (C=O) groups excluding carboxylic acids is 1. The average molecular weight is 264 g/mol. The predicted molar refractivity (Wildman–Crippen MR) is 74.9 cm³/mol. The van der Waals surface area contributed by atoms with Crippen molar-refractivity contribution in [1.29, 1.82) is 0 Å². The second-order valence-corrected chi connectivity index (χ2v) is 4.30. The molecule has 0 aliphatic rings. The molecule has 0 unspecified atom stereocenters. The van der Waals surface area contributed by atoms with Crippen LogP contribution in [0.5, 0.6) is 0 Å². The Morgan fingerprint density at radius 3 is 2.95 bits per heavy atom. The summed E-state index contributed by atoms with van der Waals surface area (Å²) in [7, 11) is 0. The minimum atomic E-state index is -0.142. The molecule has 1 aromatic carbocycles. The molecule has 0 aliphatic carbocycles. The van der Waals surface area contributed by atoms with Gasteiger partial charge in [-0.15, -0.1) is 0 Å². The Labute approximate surface area is 115 Å². The van der Waals surface area contributed by atoms with E-state index in [4.69, 9.17) is 0 Å². The van der Waals surface area contributed by atoms with Crippen LogP contribution in [0.2, 0.25) is 0 Å². The van der Waals surface area contributed by atoms with Crippen LogP contribution < -0.4 is 5.32 Å². The van der Waals surface area contributed by atoms with E-state index in [9.17, 15) is 4.79 Å². The highest BCUT2D eigenvalue weighted by molar-refractivity contribution is 5.97. The zero-order valence-corrected chi connectivity index (χ0v) is 10.7. The van der Waals surface area contributed by atoms with E-state index in [-0.39, 0.29) is 5.91 Å². The Balaban J connectivity index is 1.75. The summed E-state index contributed by atoms with van der Waals surface area (Å²) in [5.74, 6) is -0.142. The van der Waals surface area contributed by atoms with Crippen LogP contribution in [0.4, 0.5) is 0 Å². The van der Waals surface area contributed by atoms with Crippen molar-refractivity contribution >= 4 is 16.8 Å². The summed E-state index contributed by atoms with van der Waals surface area (Å²) in [6, 6.07) is 11.0. The molecule has 98 valence electrons. The number of amides is 1.